The lowest BCUT2D eigenvalue weighted by Crippen LogP contribution is -2.70. The molecule has 18 heteroatoms. The summed E-state index contributed by atoms with van der Waals surface area (Å²) in [4.78, 5) is 23.7. The van der Waals surface area contributed by atoms with Crippen LogP contribution in [0.2, 0.25) is 0 Å². The van der Waals surface area contributed by atoms with Crippen molar-refractivity contribution in [3.63, 3.8) is 0 Å². The van der Waals surface area contributed by atoms with Crippen LogP contribution >= 0.6 is 0 Å². The first-order chi connectivity index (χ1) is 18.8. The Hall–Kier alpha value is -1.62. The van der Waals surface area contributed by atoms with Crippen LogP contribution in [0.25, 0.3) is 0 Å². The lowest BCUT2D eigenvalue weighted by molar-refractivity contribution is -0.358. The third-order valence-corrected chi connectivity index (χ3v) is 6.90. The van der Waals surface area contributed by atoms with Crippen LogP contribution in [0.4, 0.5) is 0 Å². The fourth-order valence-corrected chi connectivity index (χ4v) is 4.86. The van der Waals surface area contributed by atoms with Gasteiger partial charge in [-0.25, -0.2) is 0 Å². The van der Waals surface area contributed by atoms with E-state index in [9.17, 15) is 55.5 Å². The monoisotopic (exact) mass is 586 g/mol. The smallest absolute Gasteiger partial charge is 0.217 e. The van der Waals surface area contributed by atoms with Crippen molar-refractivity contribution >= 4 is 11.8 Å². The molecule has 0 aliphatic carbocycles. The van der Waals surface area contributed by atoms with Crippen molar-refractivity contribution in [2.75, 3.05) is 19.8 Å². The molecule has 40 heavy (non-hydrogen) atoms. The van der Waals surface area contributed by atoms with Crippen molar-refractivity contribution in [1.29, 1.82) is 0 Å². The first-order valence-corrected chi connectivity index (χ1v) is 12.6. The molecule has 15 atom stereocenters. The molecule has 3 heterocycles. The summed E-state index contributed by atoms with van der Waals surface area (Å²) in [6, 6.07) is -2.90. The summed E-state index contributed by atoms with van der Waals surface area (Å²) in [6.07, 6.45) is -21.2. The van der Waals surface area contributed by atoms with Crippen molar-refractivity contribution in [2.45, 2.75) is 106 Å². The Morgan fingerprint density at radius 3 is 1.55 bits per heavy atom. The number of amides is 2. The van der Waals surface area contributed by atoms with Gasteiger partial charge in [-0.15, -0.1) is 0 Å². The average Bonchev–Trinajstić information content (AvgIpc) is 2.90. The number of hydrogen-bond acceptors (Lipinski definition) is 16. The van der Waals surface area contributed by atoms with Gasteiger partial charge in [0, 0.05) is 13.8 Å². The summed E-state index contributed by atoms with van der Waals surface area (Å²) in [6.45, 7) is -0.118. The predicted molar refractivity (Wildman–Crippen MR) is 124 cm³/mol. The van der Waals surface area contributed by atoms with E-state index in [4.69, 9.17) is 23.7 Å². The minimum atomic E-state index is -1.88. The molecule has 3 rings (SSSR count). The quantitative estimate of drug-likeness (QED) is 0.120. The molecule has 11 N–H and O–H groups in total. The number of nitrogens with one attached hydrogen (secondary N) is 2. The molecule has 232 valence electrons. The van der Waals surface area contributed by atoms with Gasteiger partial charge >= 0.3 is 0 Å². The fourth-order valence-electron chi connectivity index (χ4n) is 4.86. The number of carbonyl (C=O) groups excluding carboxylic acids is 2. The summed E-state index contributed by atoms with van der Waals surface area (Å²) in [7, 11) is 0. The minimum Gasteiger partial charge on any atom is -0.394 e. The van der Waals surface area contributed by atoms with Crippen molar-refractivity contribution < 1.29 is 79.2 Å². The summed E-state index contributed by atoms with van der Waals surface area (Å²) >= 11 is 0. The Labute approximate surface area is 228 Å². The van der Waals surface area contributed by atoms with Crippen LogP contribution in [-0.4, -0.2) is 170 Å². The molecule has 18 nitrogen and oxygen atoms in total. The third kappa shape index (κ3) is 7.05. The molecule has 0 aromatic heterocycles. The van der Waals surface area contributed by atoms with Crippen molar-refractivity contribution in [3.8, 4) is 0 Å². The van der Waals surface area contributed by atoms with Crippen LogP contribution in [0, 0.1) is 0 Å². The number of aliphatic hydroxyl groups excluding tert-OH is 9. The standard InChI is InChI=1S/C22H38N2O16/c1-6(28)23-11-15(32)13(30)8(3-25)37-21(11)39-18-10(5-27)38-22(12(16(18)33)24-7(2)29)40-19-14(31)9(4-26)36-20(35)17(19)34/h8-22,25-27,30-35H,3-5H2,1-2H3,(H,23,28)(H,24,29)/t8-,9-,10-,11-,12-,13+,14+,15-,16-,17-,18-,19+,20+,21+,22+/m1/s1. The molecular weight excluding hydrogens is 548 g/mol. The van der Waals surface area contributed by atoms with Crippen LogP contribution in [0.1, 0.15) is 13.8 Å². The molecule has 0 spiro atoms. The largest absolute Gasteiger partial charge is 0.394 e. The highest BCUT2D eigenvalue weighted by Crippen LogP contribution is 2.32. The van der Waals surface area contributed by atoms with E-state index < -0.39 is 124 Å². The zero-order chi connectivity index (χ0) is 29.9. The van der Waals surface area contributed by atoms with Gasteiger partial charge in [-0.1, -0.05) is 0 Å². The molecule has 2 amide bonds. The maximum atomic E-state index is 12.0. The summed E-state index contributed by atoms with van der Waals surface area (Å²) in [5.41, 5.74) is 0. The zero-order valence-electron chi connectivity index (χ0n) is 21.7. The number of ether oxygens (including phenoxy) is 5. The molecule has 0 radical (unpaired) electrons. The third-order valence-electron chi connectivity index (χ3n) is 6.90. The maximum Gasteiger partial charge on any atom is 0.217 e. The lowest BCUT2D eigenvalue weighted by Gasteiger charge is -2.49. The Balaban J connectivity index is 1.87. The second-order valence-electron chi connectivity index (χ2n) is 9.81. The second-order valence-corrected chi connectivity index (χ2v) is 9.81. The average molecular weight is 587 g/mol. The van der Waals surface area contributed by atoms with Gasteiger partial charge in [0.1, 0.15) is 73.1 Å². The van der Waals surface area contributed by atoms with Crippen molar-refractivity contribution in [1.82, 2.24) is 10.6 Å². The molecule has 0 unspecified atom stereocenters. The molecule has 3 saturated heterocycles. The van der Waals surface area contributed by atoms with E-state index in [0.717, 1.165) is 13.8 Å². The van der Waals surface area contributed by atoms with Gasteiger partial charge in [0.05, 0.1) is 19.8 Å². The molecule has 3 aliphatic rings. The Morgan fingerprint density at radius 2 is 1.05 bits per heavy atom. The number of hydrogen-bond donors (Lipinski definition) is 11. The van der Waals surface area contributed by atoms with E-state index in [-0.39, 0.29) is 0 Å². The predicted octanol–water partition coefficient (Wildman–Crippen LogP) is -7.29. The second kappa shape index (κ2) is 14.0. The first kappa shape index (κ1) is 32.9. The van der Waals surface area contributed by atoms with Gasteiger partial charge in [-0.2, -0.15) is 0 Å². The van der Waals surface area contributed by atoms with E-state index in [1.165, 1.54) is 0 Å². The summed E-state index contributed by atoms with van der Waals surface area (Å²) in [5.74, 6) is -1.33. The van der Waals surface area contributed by atoms with Crippen LogP contribution < -0.4 is 10.6 Å². The summed E-state index contributed by atoms with van der Waals surface area (Å²) in [5, 5.41) is 96.5. The van der Waals surface area contributed by atoms with Gasteiger partial charge in [-0.3, -0.25) is 9.59 Å². The van der Waals surface area contributed by atoms with Crippen LogP contribution in [0.3, 0.4) is 0 Å². The molecule has 3 aliphatic heterocycles. The maximum absolute atomic E-state index is 12.0. The molecule has 0 aromatic rings. The fraction of sp³-hybridized carbons (Fsp3) is 0.909. The highest BCUT2D eigenvalue weighted by Gasteiger charge is 2.54. The molecule has 0 bridgehead atoms. The zero-order valence-corrected chi connectivity index (χ0v) is 21.7. The van der Waals surface area contributed by atoms with Crippen molar-refractivity contribution in [3.05, 3.63) is 0 Å². The summed E-state index contributed by atoms with van der Waals surface area (Å²) < 4.78 is 27.6. The van der Waals surface area contributed by atoms with Crippen LogP contribution in [0.5, 0.6) is 0 Å². The minimum absolute atomic E-state index is 0.642. The molecule has 0 aromatic carbocycles. The van der Waals surface area contributed by atoms with E-state index in [1.807, 2.05) is 0 Å². The van der Waals surface area contributed by atoms with Gasteiger partial charge in [0.15, 0.2) is 18.9 Å². The van der Waals surface area contributed by atoms with E-state index in [0.29, 0.717) is 0 Å². The normalized spacial score (nSPS) is 46.0. The van der Waals surface area contributed by atoms with Gasteiger partial charge < -0.3 is 80.3 Å². The highest BCUT2D eigenvalue weighted by molar-refractivity contribution is 5.73. The Bertz CT molecular complexity index is 854. The topological polar surface area (TPSA) is 286 Å². The Morgan fingerprint density at radius 1 is 0.600 bits per heavy atom. The van der Waals surface area contributed by atoms with Crippen molar-refractivity contribution in [2.24, 2.45) is 0 Å². The molecular formula is C22H38N2O16. The van der Waals surface area contributed by atoms with E-state index in [1.54, 1.807) is 0 Å². The first-order valence-electron chi connectivity index (χ1n) is 12.6. The van der Waals surface area contributed by atoms with Gasteiger partial charge in [0.2, 0.25) is 11.8 Å². The number of aliphatic hydroxyl groups is 9. The SMILES string of the molecule is CC(=O)N[C@H]1[C@H](O[C@@H]2[C@@H](O)[C@@H](O)O[C@H](CO)[C@@H]2O)O[C@H](CO)[C@@H](O[C@@H]2O[C@H](CO)[C@H](O)[C@H](O)[C@H]2NC(C)=O)[C@@H]1O. The van der Waals surface area contributed by atoms with E-state index >= 15 is 0 Å². The molecule has 0 saturated carbocycles. The van der Waals surface area contributed by atoms with Gasteiger partial charge in [-0.05, 0) is 0 Å². The number of rotatable bonds is 9. The molecule has 3 fully saturated rings. The van der Waals surface area contributed by atoms with Crippen LogP contribution in [-0.2, 0) is 33.3 Å². The Kier molecular flexibility index (Phi) is 11.5. The lowest BCUT2D eigenvalue weighted by atomic mass is 9.94. The van der Waals surface area contributed by atoms with Crippen LogP contribution in [0.15, 0.2) is 0 Å². The highest BCUT2D eigenvalue weighted by atomic mass is 16.7. The number of carbonyl (C=O) groups is 2. The van der Waals surface area contributed by atoms with E-state index in [2.05, 4.69) is 10.6 Å². The van der Waals surface area contributed by atoms with Gasteiger partial charge in [0.25, 0.3) is 0 Å².